The molecule has 0 aliphatic carbocycles. The molecule has 0 bridgehead atoms. The molecule has 3 nitrogen and oxygen atoms in total. The molecule has 134 valence electrons. The highest BCUT2D eigenvalue weighted by Crippen LogP contribution is 2.29. The molecule has 2 aromatic carbocycles. The van der Waals surface area contributed by atoms with E-state index < -0.39 is 0 Å². The molecule has 0 N–H and O–H groups in total. The maximum Gasteiger partial charge on any atom is 0.190 e. The Balaban J connectivity index is 1.84. The number of halogens is 2. The van der Waals surface area contributed by atoms with Crippen LogP contribution in [0.15, 0.2) is 63.4 Å². The first kappa shape index (κ1) is 17.6. The number of rotatable bonds is 4. The first-order chi connectivity index (χ1) is 12.7. The average Bonchev–Trinajstić information content (AvgIpc) is 3.29. The molecular formula is C20H18BrFN2OS. The van der Waals surface area contributed by atoms with Gasteiger partial charge >= 0.3 is 0 Å². The maximum atomic E-state index is 14.1. The largest absolute Gasteiger partial charge is 0.376 e. The van der Waals surface area contributed by atoms with Gasteiger partial charge in [0.2, 0.25) is 0 Å². The predicted molar refractivity (Wildman–Crippen MR) is 106 cm³/mol. The molecule has 4 rings (SSSR count). The van der Waals surface area contributed by atoms with Gasteiger partial charge in [0.05, 0.1) is 18.3 Å². The van der Waals surface area contributed by atoms with E-state index in [9.17, 15) is 4.39 Å². The third kappa shape index (κ3) is 3.68. The second-order valence-corrected chi connectivity index (χ2v) is 7.88. The van der Waals surface area contributed by atoms with Gasteiger partial charge in [0.25, 0.3) is 0 Å². The van der Waals surface area contributed by atoms with E-state index >= 15 is 0 Å². The van der Waals surface area contributed by atoms with E-state index in [1.165, 1.54) is 17.4 Å². The highest BCUT2D eigenvalue weighted by atomic mass is 79.9. The van der Waals surface area contributed by atoms with Crippen molar-refractivity contribution in [2.45, 2.75) is 25.5 Å². The lowest BCUT2D eigenvalue weighted by molar-refractivity contribution is 0.0968. The van der Waals surface area contributed by atoms with Crippen molar-refractivity contribution in [2.24, 2.45) is 4.99 Å². The summed E-state index contributed by atoms with van der Waals surface area (Å²) in [6, 6.07) is 14.7. The molecule has 3 aromatic rings. The van der Waals surface area contributed by atoms with Crippen molar-refractivity contribution in [3.05, 3.63) is 69.0 Å². The molecule has 0 amide bonds. The monoisotopic (exact) mass is 432 g/mol. The van der Waals surface area contributed by atoms with Crippen molar-refractivity contribution in [3.8, 4) is 11.3 Å². The number of hydrogen-bond donors (Lipinski definition) is 0. The fraction of sp³-hybridized carbons (Fsp3) is 0.250. The number of hydrogen-bond acceptors (Lipinski definition) is 3. The summed E-state index contributed by atoms with van der Waals surface area (Å²) in [5.41, 5.74) is 2.51. The summed E-state index contributed by atoms with van der Waals surface area (Å²) in [7, 11) is 0. The Morgan fingerprint density at radius 1 is 1.19 bits per heavy atom. The Morgan fingerprint density at radius 2 is 2.00 bits per heavy atom. The molecule has 1 unspecified atom stereocenters. The first-order valence-electron chi connectivity index (χ1n) is 8.56. The molecule has 0 spiro atoms. The van der Waals surface area contributed by atoms with E-state index in [-0.39, 0.29) is 11.9 Å². The third-order valence-corrected chi connectivity index (χ3v) is 5.98. The van der Waals surface area contributed by atoms with E-state index in [0.29, 0.717) is 12.2 Å². The summed E-state index contributed by atoms with van der Waals surface area (Å²) < 4.78 is 23.1. The first-order valence-corrected chi connectivity index (χ1v) is 10.2. The predicted octanol–water partition coefficient (Wildman–Crippen LogP) is 5.53. The fourth-order valence-electron chi connectivity index (χ4n) is 3.12. The van der Waals surface area contributed by atoms with Crippen LogP contribution < -0.4 is 4.80 Å². The number of nitrogens with zero attached hydrogens (tertiary/aromatic N) is 2. The summed E-state index contributed by atoms with van der Waals surface area (Å²) in [4.78, 5) is 5.37. The lowest BCUT2D eigenvalue weighted by atomic mass is 10.1. The van der Waals surface area contributed by atoms with Crippen molar-refractivity contribution in [2.75, 3.05) is 6.61 Å². The van der Waals surface area contributed by atoms with Crippen LogP contribution in [-0.2, 0) is 11.3 Å². The van der Waals surface area contributed by atoms with Gasteiger partial charge in [-0.15, -0.1) is 11.3 Å². The molecule has 1 fully saturated rings. The summed E-state index contributed by atoms with van der Waals surface area (Å²) >= 11 is 5.16. The zero-order valence-corrected chi connectivity index (χ0v) is 16.5. The highest BCUT2D eigenvalue weighted by Gasteiger charge is 2.19. The van der Waals surface area contributed by atoms with Crippen LogP contribution in [0.5, 0.6) is 0 Å². The second kappa shape index (κ2) is 7.86. The van der Waals surface area contributed by atoms with Gasteiger partial charge in [-0.1, -0.05) is 46.3 Å². The summed E-state index contributed by atoms with van der Waals surface area (Å²) in [5.74, 6) is -0.313. The van der Waals surface area contributed by atoms with Crippen LogP contribution in [0.1, 0.15) is 12.8 Å². The highest BCUT2D eigenvalue weighted by molar-refractivity contribution is 9.10. The van der Waals surface area contributed by atoms with Crippen molar-refractivity contribution in [1.29, 1.82) is 0 Å². The average molecular weight is 433 g/mol. The lowest BCUT2D eigenvalue weighted by Crippen LogP contribution is -2.24. The minimum absolute atomic E-state index is 0.172. The number of para-hydroxylation sites is 1. The number of benzene rings is 2. The minimum atomic E-state index is -0.313. The van der Waals surface area contributed by atoms with Crippen molar-refractivity contribution < 1.29 is 9.13 Å². The SMILES string of the molecule is Fc1ccccc1N=c1scc(-c2ccccc2Br)n1CC1CCCO1. The van der Waals surface area contributed by atoms with Crippen LogP contribution in [0.4, 0.5) is 10.1 Å². The Morgan fingerprint density at radius 3 is 2.77 bits per heavy atom. The van der Waals surface area contributed by atoms with E-state index in [0.717, 1.165) is 40.0 Å². The fourth-order valence-corrected chi connectivity index (χ4v) is 4.53. The summed E-state index contributed by atoms with van der Waals surface area (Å²) in [6.45, 7) is 1.52. The third-order valence-electron chi connectivity index (χ3n) is 4.43. The van der Waals surface area contributed by atoms with Gasteiger partial charge in [-0.25, -0.2) is 9.38 Å². The van der Waals surface area contributed by atoms with E-state index in [1.807, 2.05) is 18.2 Å². The number of thiazole rings is 1. The summed E-state index contributed by atoms with van der Waals surface area (Å²) in [6.07, 6.45) is 2.29. The van der Waals surface area contributed by atoms with E-state index in [4.69, 9.17) is 4.74 Å². The Kier molecular flexibility index (Phi) is 5.33. The minimum Gasteiger partial charge on any atom is -0.376 e. The number of ether oxygens (including phenoxy) is 1. The van der Waals surface area contributed by atoms with Crippen LogP contribution in [-0.4, -0.2) is 17.3 Å². The molecule has 1 atom stereocenters. The molecular weight excluding hydrogens is 415 g/mol. The maximum absolute atomic E-state index is 14.1. The van der Waals surface area contributed by atoms with E-state index in [2.05, 4.69) is 36.9 Å². The van der Waals surface area contributed by atoms with Crippen molar-refractivity contribution >= 4 is 33.0 Å². The molecule has 1 aliphatic heterocycles. The van der Waals surface area contributed by atoms with Gasteiger partial charge in [0, 0.05) is 22.0 Å². The Hall–Kier alpha value is -1.76. The molecule has 26 heavy (non-hydrogen) atoms. The smallest absolute Gasteiger partial charge is 0.190 e. The van der Waals surface area contributed by atoms with Gasteiger partial charge < -0.3 is 9.30 Å². The standard InChI is InChI=1S/C20H18BrFN2OS/c21-16-8-2-1-7-15(16)19-13-26-20(23-18-10-4-3-9-17(18)22)24(19)12-14-6-5-11-25-14/h1-4,7-10,13-14H,5-6,11-12H2. The number of aromatic nitrogens is 1. The van der Waals surface area contributed by atoms with Crippen LogP contribution in [0.25, 0.3) is 11.3 Å². The van der Waals surface area contributed by atoms with E-state index in [1.54, 1.807) is 18.2 Å². The molecule has 0 radical (unpaired) electrons. The zero-order chi connectivity index (χ0) is 17.9. The Labute approximate surface area is 163 Å². The molecule has 1 saturated heterocycles. The normalized spacial score (nSPS) is 17.8. The molecule has 2 heterocycles. The molecule has 1 aliphatic rings. The van der Waals surface area contributed by atoms with Gasteiger partial charge in [0.1, 0.15) is 11.5 Å². The molecule has 1 aromatic heterocycles. The lowest BCUT2D eigenvalue weighted by Gasteiger charge is -2.14. The summed E-state index contributed by atoms with van der Waals surface area (Å²) in [5, 5.41) is 2.08. The van der Waals surface area contributed by atoms with Gasteiger partial charge in [-0.2, -0.15) is 0 Å². The topological polar surface area (TPSA) is 26.5 Å². The van der Waals surface area contributed by atoms with Crippen LogP contribution in [0, 0.1) is 5.82 Å². The van der Waals surface area contributed by atoms with Crippen LogP contribution >= 0.6 is 27.3 Å². The van der Waals surface area contributed by atoms with Gasteiger partial charge in [0.15, 0.2) is 4.80 Å². The van der Waals surface area contributed by atoms with Crippen LogP contribution in [0.2, 0.25) is 0 Å². The Bertz CT molecular complexity index is 976. The second-order valence-electron chi connectivity index (χ2n) is 6.19. The van der Waals surface area contributed by atoms with Gasteiger partial charge in [-0.3, -0.25) is 0 Å². The molecule has 0 saturated carbocycles. The van der Waals surface area contributed by atoms with Crippen molar-refractivity contribution in [1.82, 2.24) is 4.57 Å². The van der Waals surface area contributed by atoms with Crippen LogP contribution in [0.3, 0.4) is 0 Å². The van der Waals surface area contributed by atoms with Gasteiger partial charge in [-0.05, 0) is 31.0 Å². The quantitative estimate of drug-likeness (QED) is 0.532. The van der Waals surface area contributed by atoms with Crippen molar-refractivity contribution in [3.63, 3.8) is 0 Å². The zero-order valence-electron chi connectivity index (χ0n) is 14.1. The molecule has 6 heteroatoms.